The lowest BCUT2D eigenvalue weighted by molar-refractivity contribution is -0.122. The first-order chi connectivity index (χ1) is 17.4. The quantitative estimate of drug-likeness (QED) is 0.659. The van der Waals surface area contributed by atoms with Crippen molar-refractivity contribution in [3.05, 3.63) is 52.5 Å². The van der Waals surface area contributed by atoms with E-state index in [0.29, 0.717) is 18.4 Å². The van der Waals surface area contributed by atoms with E-state index in [2.05, 4.69) is 15.6 Å². The summed E-state index contributed by atoms with van der Waals surface area (Å²) >= 11 is 0. The van der Waals surface area contributed by atoms with Gasteiger partial charge in [-0.2, -0.15) is 0 Å². The minimum atomic E-state index is -0.559. The van der Waals surface area contributed by atoms with Gasteiger partial charge in [-0.3, -0.25) is 14.4 Å². The van der Waals surface area contributed by atoms with Crippen LogP contribution in [0.4, 0.5) is 4.39 Å². The zero-order valence-electron chi connectivity index (χ0n) is 20.1. The van der Waals surface area contributed by atoms with Crippen molar-refractivity contribution in [2.75, 3.05) is 26.8 Å². The summed E-state index contributed by atoms with van der Waals surface area (Å²) in [4.78, 5) is 45.8. The normalized spacial score (nSPS) is 22.0. The number of aromatic nitrogens is 1. The maximum absolute atomic E-state index is 13.9. The number of nitrogens with zero attached hydrogens (tertiary/aromatic N) is 2. The number of ether oxygens (including phenoxy) is 2. The molecule has 1 saturated heterocycles. The molecule has 9 nitrogen and oxygen atoms in total. The van der Waals surface area contributed by atoms with Gasteiger partial charge in [0.15, 0.2) is 0 Å². The Labute approximate surface area is 208 Å². The largest absolute Gasteiger partial charge is 0.491 e. The van der Waals surface area contributed by atoms with E-state index >= 15 is 0 Å². The zero-order chi connectivity index (χ0) is 25.2. The Morgan fingerprint density at radius 1 is 1.17 bits per heavy atom. The number of halogens is 1. The lowest BCUT2D eigenvalue weighted by Crippen LogP contribution is -2.48. The molecular weight excluding hydrogens is 467 g/mol. The Bertz CT molecular complexity index is 1200. The number of pyridine rings is 1. The van der Waals surface area contributed by atoms with Crippen molar-refractivity contribution >= 4 is 17.7 Å². The monoisotopic (exact) mass is 496 g/mol. The lowest BCUT2D eigenvalue weighted by Gasteiger charge is -2.31. The number of aryl methyl sites for hydroxylation is 2. The number of amides is 3. The summed E-state index contributed by atoms with van der Waals surface area (Å²) in [6.07, 6.45) is 4.05. The Kier molecular flexibility index (Phi) is 6.75. The molecule has 0 unspecified atom stereocenters. The van der Waals surface area contributed by atoms with Crippen LogP contribution in [0.5, 0.6) is 11.6 Å². The van der Waals surface area contributed by atoms with Gasteiger partial charge in [-0.1, -0.05) is 0 Å². The molecule has 2 N–H and O–H groups in total. The molecule has 1 aromatic carbocycles. The fourth-order valence-corrected chi connectivity index (χ4v) is 5.34. The molecule has 10 heteroatoms. The van der Waals surface area contributed by atoms with Gasteiger partial charge in [-0.25, -0.2) is 9.37 Å². The van der Waals surface area contributed by atoms with Crippen molar-refractivity contribution in [3.8, 4) is 11.6 Å². The van der Waals surface area contributed by atoms with Crippen LogP contribution in [0.2, 0.25) is 0 Å². The van der Waals surface area contributed by atoms with Crippen LogP contribution in [0.25, 0.3) is 0 Å². The highest BCUT2D eigenvalue weighted by Gasteiger charge is 2.40. The first-order valence-corrected chi connectivity index (χ1v) is 12.3. The van der Waals surface area contributed by atoms with E-state index in [0.717, 1.165) is 36.6 Å². The topological polar surface area (TPSA) is 110 Å². The highest BCUT2D eigenvalue weighted by molar-refractivity contribution is 5.98. The molecule has 2 aromatic rings. The van der Waals surface area contributed by atoms with Crippen molar-refractivity contribution in [1.82, 2.24) is 20.5 Å². The Balaban J connectivity index is 1.46. The molecule has 3 heterocycles. The van der Waals surface area contributed by atoms with Gasteiger partial charge in [-0.05, 0) is 61.9 Å². The number of carbonyl (C=O) groups is 3. The third-order valence-electron chi connectivity index (χ3n) is 7.08. The number of rotatable bonds is 2. The van der Waals surface area contributed by atoms with Crippen LogP contribution in [-0.2, 0) is 17.6 Å². The molecule has 1 fully saturated rings. The third kappa shape index (κ3) is 4.72. The van der Waals surface area contributed by atoms with Crippen LogP contribution in [0.1, 0.15) is 57.7 Å². The number of carbonyl (C=O) groups excluding carboxylic acids is 3. The van der Waals surface area contributed by atoms with E-state index < -0.39 is 11.7 Å². The number of hydrogen-bond acceptors (Lipinski definition) is 6. The van der Waals surface area contributed by atoms with Gasteiger partial charge in [0.05, 0.1) is 19.2 Å². The molecule has 3 aliphatic rings. The van der Waals surface area contributed by atoms with Crippen LogP contribution in [0, 0.1) is 5.82 Å². The molecule has 190 valence electrons. The molecule has 2 bridgehead atoms. The predicted molar refractivity (Wildman–Crippen MR) is 128 cm³/mol. The average molecular weight is 497 g/mol. The molecule has 1 aromatic heterocycles. The van der Waals surface area contributed by atoms with Crippen LogP contribution < -0.4 is 20.1 Å². The lowest BCUT2D eigenvalue weighted by atomic mass is 10.1. The Morgan fingerprint density at radius 2 is 2.00 bits per heavy atom. The molecule has 2 atom stereocenters. The summed E-state index contributed by atoms with van der Waals surface area (Å²) in [6, 6.07) is 4.90. The van der Waals surface area contributed by atoms with Crippen molar-refractivity contribution in [2.24, 2.45) is 0 Å². The first-order valence-electron chi connectivity index (χ1n) is 12.3. The van der Waals surface area contributed by atoms with Crippen LogP contribution >= 0.6 is 0 Å². The second kappa shape index (κ2) is 10.1. The predicted octanol–water partition coefficient (Wildman–Crippen LogP) is 2.02. The Hall–Kier alpha value is -3.69. The Morgan fingerprint density at radius 3 is 2.83 bits per heavy atom. The minimum Gasteiger partial charge on any atom is -0.491 e. The fourth-order valence-electron chi connectivity index (χ4n) is 5.34. The van der Waals surface area contributed by atoms with Crippen LogP contribution in [0.3, 0.4) is 0 Å². The van der Waals surface area contributed by atoms with Gasteiger partial charge >= 0.3 is 0 Å². The molecule has 0 spiro atoms. The maximum atomic E-state index is 13.9. The summed E-state index contributed by atoms with van der Waals surface area (Å²) in [5, 5.41) is 5.65. The fraction of sp³-hybridized carbons (Fsp3) is 0.462. The summed E-state index contributed by atoms with van der Waals surface area (Å²) < 4.78 is 25.0. The van der Waals surface area contributed by atoms with Gasteiger partial charge in [-0.15, -0.1) is 0 Å². The van der Waals surface area contributed by atoms with E-state index in [4.69, 9.17) is 9.47 Å². The maximum Gasteiger partial charge on any atom is 0.259 e. The number of fused-ring (bicyclic) bond motifs is 4. The summed E-state index contributed by atoms with van der Waals surface area (Å²) in [5.41, 5.74) is 2.42. The highest BCUT2D eigenvalue weighted by Crippen LogP contribution is 2.33. The van der Waals surface area contributed by atoms with E-state index in [1.165, 1.54) is 19.2 Å². The van der Waals surface area contributed by atoms with Crippen molar-refractivity contribution in [3.63, 3.8) is 0 Å². The van der Waals surface area contributed by atoms with E-state index in [-0.39, 0.29) is 67.2 Å². The molecule has 36 heavy (non-hydrogen) atoms. The number of nitrogens with one attached hydrogen (secondary N) is 2. The van der Waals surface area contributed by atoms with Gasteiger partial charge in [0.1, 0.15) is 23.7 Å². The van der Waals surface area contributed by atoms with E-state index in [1.807, 2.05) is 6.07 Å². The summed E-state index contributed by atoms with van der Waals surface area (Å²) in [5.74, 6) is -1.01. The second-order valence-corrected chi connectivity index (χ2v) is 9.36. The van der Waals surface area contributed by atoms with Gasteiger partial charge < -0.3 is 25.0 Å². The molecule has 2 aliphatic heterocycles. The summed E-state index contributed by atoms with van der Waals surface area (Å²) in [6.45, 7) is 0.481. The molecule has 0 saturated carbocycles. The number of methoxy groups -OCH3 is 1. The van der Waals surface area contributed by atoms with Crippen LogP contribution in [0.15, 0.2) is 24.3 Å². The SMILES string of the molecule is COc1nc2c(cc1C(=O)N1[C@@H]3CC[C@H]1CC(=O)NCCOc1ccc(F)cc1C(=O)NC3)CCC2. The van der Waals surface area contributed by atoms with E-state index in [1.54, 1.807) is 4.90 Å². The van der Waals surface area contributed by atoms with Crippen molar-refractivity contribution < 1.29 is 28.2 Å². The number of benzene rings is 1. The minimum absolute atomic E-state index is 0.0651. The molecule has 3 amide bonds. The highest BCUT2D eigenvalue weighted by atomic mass is 19.1. The third-order valence-corrected chi connectivity index (χ3v) is 7.08. The second-order valence-electron chi connectivity index (χ2n) is 9.36. The zero-order valence-corrected chi connectivity index (χ0v) is 20.1. The standard InChI is InChI=1S/C26H29FN4O5/c1-35-25-20(11-15-3-2-4-21(15)30-25)26(34)31-17-6-7-18(31)14-29-24(33)19-12-16(27)5-8-22(19)36-10-9-28-23(32)13-17/h5,8,11-12,17-18H,2-4,6-7,9-10,13-14H2,1H3,(H,28,32)(H,29,33)/t17-,18+/m0/s1. The van der Waals surface area contributed by atoms with Crippen LogP contribution in [-0.4, -0.2) is 66.5 Å². The summed E-state index contributed by atoms with van der Waals surface area (Å²) in [7, 11) is 1.49. The smallest absolute Gasteiger partial charge is 0.259 e. The number of hydrogen-bond donors (Lipinski definition) is 2. The van der Waals surface area contributed by atoms with Gasteiger partial charge in [0.2, 0.25) is 11.8 Å². The van der Waals surface area contributed by atoms with Crippen molar-refractivity contribution in [1.29, 1.82) is 0 Å². The van der Waals surface area contributed by atoms with Gasteiger partial charge in [0.25, 0.3) is 11.8 Å². The average Bonchev–Trinajstić information content (AvgIpc) is 3.50. The van der Waals surface area contributed by atoms with Gasteiger partial charge in [0, 0.05) is 30.7 Å². The molecular formula is C26H29FN4O5. The molecule has 1 aliphatic carbocycles. The van der Waals surface area contributed by atoms with E-state index in [9.17, 15) is 18.8 Å². The molecule has 0 radical (unpaired) electrons. The molecule has 5 rings (SSSR count). The first kappa shape index (κ1) is 24.0. The van der Waals surface area contributed by atoms with Crippen molar-refractivity contribution in [2.45, 2.75) is 50.6 Å².